The summed E-state index contributed by atoms with van der Waals surface area (Å²) in [7, 11) is -2.00. The predicted octanol–water partition coefficient (Wildman–Crippen LogP) is 1.37. The maximum Gasteiger partial charge on any atom is 0.0734 e. The summed E-state index contributed by atoms with van der Waals surface area (Å²) in [6.45, 7) is 1.03. The first-order chi connectivity index (χ1) is 6.51. The summed E-state index contributed by atoms with van der Waals surface area (Å²) in [5.41, 5.74) is 7.65. The van der Waals surface area contributed by atoms with Crippen LogP contribution in [0.4, 0.5) is 0 Å². The van der Waals surface area contributed by atoms with E-state index in [4.69, 9.17) is 5.73 Å². The van der Waals surface area contributed by atoms with Crippen molar-refractivity contribution in [3.8, 4) is 0 Å². The average molecular weight is 212 g/mol. The Bertz CT molecular complexity index is 412. The van der Waals surface area contributed by atoms with E-state index < -0.39 is 9.73 Å². The fourth-order valence-corrected chi connectivity index (χ4v) is 1.54. The lowest BCUT2D eigenvalue weighted by atomic mass is 10.1. The standard InChI is InChI=1S/C10H16N2OS/c1-14(2,13)12-8-10-5-3-4-9(6-10)7-11/h3-6H,7-8,11H2,1-2H3. The van der Waals surface area contributed by atoms with Crippen molar-refractivity contribution < 1.29 is 4.21 Å². The van der Waals surface area contributed by atoms with Gasteiger partial charge in [0.1, 0.15) is 0 Å². The molecule has 0 amide bonds. The summed E-state index contributed by atoms with van der Waals surface area (Å²) < 4.78 is 15.4. The SMILES string of the molecule is CS(C)(=O)=NCc1cccc(CN)c1. The normalized spacial score (nSPS) is 11.4. The highest BCUT2D eigenvalue weighted by atomic mass is 32.2. The molecular weight excluding hydrogens is 196 g/mol. The summed E-state index contributed by atoms with van der Waals surface area (Å²) in [5, 5.41) is 0. The first-order valence-corrected chi connectivity index (χ1v) is 6.75. The third-order valence-electron chi connectivity index (χ3n) is 1.79. The van der Waals surface area contributed by atoms with Crippen LogP contribution in [-0.2, 0) is 22.8 Å². The van der Waals surface area contributed by atoms with Crippen LogP contribution in [0.25, 0.3) is 0 Å². The number of nitrogens with two attached hydrogens (primary N) is 1. The van der Waals surface area contributed by atoms with Crippen LogP contribution in [0.3, 0.4) is 0 Å². The minimum absolute atomic E-state index is 0.500. The largest absolute Gasteiger partial charge is 0.326 e. The van der Waals surface area contributed by atoms with Gasteiger partial charge >= 0.3 is 0 Å². The van der Waals surface area contributed by atoms with Crippen LogP contribution < -0.4 is 5.73 Å². The molecule has 0 bridgehead atoms. The zero-order valence-electron chi connectivity index (χ0n) is 8.56. The molecule has 0 heterocycles. The minimum atomic E-state index is -2.00. The Kier molecular flexibility index (Phi) is 3.66. The number of nitrogens with zero attached hydrogens (tertiary/aromatic N) is 1. The van der Waals surface area contributed by atoms with Gasteiger partial charge < -0.3 is 5.73 Å². The van der Waals surface area contributed by atoms with E-state index in [2.05, 4.69) is 4.36 Å². The summed E-state index contributed by atoms with van der Waals surface area (Å²) in [4.78, 5) is 0. The summed E-state index contributed by atoms with van der Waals surface area (Å²) in [6.07, 6.45) is 3.28. The summed E-state index contributed by atoms with van der Waals surface area (Å²) in [5.74, 6) is 0. The van der Waals surface area contributed by atoms with Gasteiger partial charge in [-0.25, -0.2) is 4.36 Å². The van der Waals surface area contributed by atoms with Crippen molar-refractivity contribution in [2.45, 2.75) is 13.1 Å². The second-order valence-electron chi connectivity index (χ2n) is 3.49. The predicted molar refractivity (Wildman–Crippen MR) is 60.5 cm³/mol. The van der Waals surface area contributed by atoms with Crippen LogP contribution in [0.5, 0.6) is 0 Å². The number of hydrogen-bond acceptors (Lipinski definition) is 3. The van der Waals surface area contributed by atoms with E-state index in [1.54, 1.807) is 12.5 Å². The zero-order chi connectivity index (χ0) is 10.6. The molecule has 2 N–H and O–H groups in total. The van der Waals surface area contributed by atoms with Gasteiger partial charge in [-0.05, 0) is 11.1 Å². The second-order valence-corrected chi connectivity index (χ2v) is 6.11. The van der Waals surface area contributed by atoms with Crippen molar-refractivity contribution in [2.24, 2.45) is 10.1 Å². The molecule has 14 heavy (non-hydrogen) atoms. The van der Waals surface area contributed by atoms with Crippen LogP contribution in [0.1, 0.15) is 11.1 Å². The Labute approximate surface area is 85.5 Å². The molecule has 0 aliphatic heterocycles. The van der Waals surface area contributed by atoms with Crippen molar-refractivity contribution in [2.75, 3.05) is 12.5 Å². The van der Waals surface area contributed by atoms with Gasteiger partial charge in [0.25, 0.3) is 0 Å². The van der Waals surface area contributed by atoms with Crippen molar-refractivity contribution in [1.29, 1.82) is 0 Å². The second kappa shape index (κ2) is 4.57. The lowest BCUT2D eigenvalue weighted by Gasteiger charge is -2.01. The molecule has 0 spiro atoms. The molecule has 1 aromatic rings. The third kappa shape index (κ3) is 3.89. The van der Waals surface area contributed by atoms with E-state index in [1.165, 1.54) is 0 Å². The number of rotatable bonds is 3. The van der Waals surface area contributed by atoms with Gasteiger partial charge in [-0.15, -0.1) is 0 Å². The maximum atomic E-state index is 11.3. The highest BCUT2D eigenvalue weighted by molar-refractivity contribution is 7.92. The summed E-state index contributed by atoms with van der Waals surface area (Å²) >= 11 is 0. The molecule has 0 aromatic heterocycles. The third-order valence-corrected chi connectivity index (χ3v) is 2.54. The molecular formula is C10H16N2OS. The zero-order valence-corrected chi connectivity index (χ0v) is 9.38. The number of benzene rings is 1. The summed E-state index contributed by atoms with van der Waals surface area (Å²) in [6, 6.07) is 7.88. The van der Waals surface area contributed by atoms with Crippen molar-refractivity contribution >= 4 is 9.73 Å². The monoisotopic (exact) mass is 212 g/mol. The molecule has 0 saturated heterocycles. The molecule has 1 aromatic carbocycles. The Morgan fingerprint density at radius 1 is 1.36 bits per heavy atom. The molecule has 0 aliphatic rings. The Morgan fingerprint density at radius 3 is 2.57 bits per heavy atom. The topological polar surface area (TPSA) is 55.5 Å². The lowest BCUT2D eigenvalue weighted by Crippen LogP contribution is -1.97. The van der Waals surface area contributed by atoms with Gasteiger partial charge in [0, 0.05) is 28.8 Å². The van der Waals surface area contributed by atoms with E-state index in [-0.39, 0.29) is 0 Å². The molecule has 0 unspecified atom stereocenters. The fourth-order valence-electron chi connectivity index (χ4n) is 1.08. The Balaban J connectivity index is 2.83. The van der Waals surface area contributed by atoms with Crippen LogP contribution in [0.15, 0.2) is 28.6 Å². The van der Waals surface area contributed by atoms with Crippen LogP contribution in [-0.4, -0.2) is 16.7 Å². The van der Waals surface area contributed by atoms with Crippen molar-refractivity contribution in [1.82, 2.24) is 0 Å². The fraction of sp³-hybridized carbons (Fsp3) is 0.400. The molecule has 78 valence electrons. The van der Waals surface area contributed by atoms with Crippen molar-refractivity contribution in [3.63, 3.8) is 0 Å². The molecule has 4 heteroatoms. The van der Waals surface area contributed by atoms with Gasteiger partial charge in [0.15, 0.2) is 0 Å². The van der Waals surface area contributed by atoms with Gasteiger partial charge in [-0.2, -0.15) is 0 Å². The lowest BCUT2D eigenvalue weighted by molar-refractivity contribution is 0.682. The minimum Gasteiger partial charge on any atom is -0.326 e. The molecule has 0 saturated carbocycles. The molecule has 0 atom stereocenters. The molecule has 0 radical (unpaired) electrons. The Hall–Kier alpha value is -0.870. The maximum absolute atomic E-state index is 11.3. The molecule has 0 aliphatic carbocycles. The van der Waals surface area contributed by atoms with Gasteiger partial charge in [0.2, 0.25) is 0 Å². The van der Waals surface area contributed by atoms with Crippen LogP contribution in [0.2, 0.25) is 0 Å². The average Bonchev–Trinajstić information content (AvgIpc) is 2.14. The Morgan fingerprint density at radius 2 is 2.00 bits per heavy atom. The van der Waals surface area contributed by atoms with E-state index >= 15 is 0 Å². The first-order valence-electron chi connectivity index (χ1n) is 4.42. The number of hydrogen-bond donors (Lipinski definition) is 1. The highest BCUT2D eigenvalue weighted by Crippen LogP contribution is 2.06. The van der Waals surface area contributed by atoms with Crippen molar-refractivity contribution in [3.05, 3.63) is 35.4 Å². The quantitative estimate of drug-likeness (QED) is 0.822. The van der Waals surface area contributed by atoms with Gasteiger partial charge in [-0.1, -0.05) is 24.3 Å². The van der Waals surface area contributed by atoms with E-state index in [0.29, 0.717) is 13.1 Å². The van der Waals surface area contributed by atoms with E-state index in [9.17, 15) is 4.21 Å². The molecule has 1 rings (SSSR count). The van der Waals surface area contributed by atoms with Gasteiger partial charge in [-0.3, -0.25) is 4.21 Å². The molecule has 0 fully saturated rings. The van der Waals surface area contributed by atoms with Gasteiger partial charge in [0.05, 0.1) is 6.54 Å². The first kappa shape index (κ1) is 11.2. The molecule has 3 nitrogen and oxygen atoms in total. The van der Waals surface area contributed by atoms with E-state index in [1.807, 2.05) is 24.3 Å². The van der Waals surface area contributed by atoms with Crippen LogP contribution in [0, 0.1) is 0 Å². The van der Waals surface area contributed by atoms with E-state index in [0.717, 1.165) is 11.1 Å². The smallest absolute Gasteiger partial charge is 0.0734 e. The highest BCUT2D eigenvalue weighted by Gasteiger charge is 1.95. The van der Waals surface area contributed by atoms with Crippen LogP contribution >= 0.6 is 0 Å².